The maximum atomic E-state index is 12.4. The minimum Gasteiger partial charge on any atom is -0.497 e. The average Bonchev–Trinajstić information content (AvgIpc) is 3.37. The summed E-state index contributed by atoms with van der Waals surface area (Å²) >= 11 is 1.15. The summed E-state index contributed by atoms with van der Waals surface area (Å²) in [5.41, 5.74) is 1.04. The number of ether oxygens (including phenoxy) is 1. The number of fused-ring (bicyclic) bond motifs is 1. The highest BCUT2D eigenvalue weighted by Gasteiger charge is 2.36. The van der Waals surface area contributed by atoms with E-state index in [0.29, 0.717) is 29.3 Å². The third kappa shape index (κ3) is 4.88. The van der Waals surface area contributed by atoms with Gasteiger partial charge in [-0.3, -0.25) is 29.4 Å². The van der Waals surface area contributed by atoms with Crippen LogP contribution in [0.3, 0.4) is 0 Å². The number of carbonyl (C=O) groups excluding carboxylic acids is 4. The number of amides is 4. The van der Waals surface area contributed by atoms with Crippen molar-refractivity contribution in [2.24, 2.45) is 0 Å². The Balaban J connectivity index is 1.27. The average molecular weight is 465 g/mol. The van der Waals surface area contributed by atoms with Crippen LogP contribution in [0.1, 0.15) is 36.1 Å². The predicted molar refractivity (Wildman–Crippen MR) is 119 cm³/mol. The van der Waals surface area contributed by atoms with Gasteiger partial charge in [-0.2, -0.15) is 0 Å². The molecular formula is C22H19N5O5S. The molecule has 0 aliphatic carbocycles. The fraction of sp³-hybridized carbons (Fsp3) is 0.182. The number of nitrogens with zero attached hydrogens (tertiary/aromatic N) is 3. The van der Waals surface area contributed by atoms with E-state index in [1.165, 1.54) is 7.11 Å². The highest BCUT2D eigenvalue weighted by atomic mass is 32.1. The molecule has 0 radical (unpaired) electrons. The van der Waals surface area contributed by atoms with E-state index in [-0.39, 0.29) is 22.2 Å². The molecule has 0 atom stereocenters. The molecule has 10 nitrogen and oxygen atoms in total. The summed E-state index contributed by atoms with van der Waals surface area (Å²) in [6, 6.07) is 13.2. The van der Waals surface area contributed by atoms with Gasteiger partial charge in [0, 0.05) is 18.5 Å². The summed E-state index contributed by atoms with van der Waals surface area (Å²) in [7, 11) is 1.53. The zero-order chi connectivity index (χ0) is 23.4. The number of rotatable bonds is 8. The molecule has 1 aromatic heterocycles. The Morgan fingerprint density at radius 1 is 1.03 bits per heavy atom. The van der Waals surface area contributed by atoms with Crippen molar-refractivity contribution >= 4 is 40.1 Å². The molecule has 4 amide bonds. The van der Waals surface area contributed by atoms with Gasteiger partial charge in [0.25, 0.3) is 17.7 Å². The first-order valence-corrected chi connectivity index (χ1v) is 10.8. The van der Waals surface area contributed by atoms with Crippen molar-refractivity contribution in [2.75, 3.05) is 25.5 Å². The van der Waals surface area contributed by atoms with Gasteiger partial charge in [0.1, 0.15) is 17.3 Å². The second-order valence-corrected chi connectivity index (χ2v) is 8.09. The van der Waals surface area contributed by atoms with Crippen molar-refractivity contribution in [2.45, 2.75) is 6.42 Å². The van der Waals surface area contributed by atoms with Gasteiger partial charge in [0.15, 0.2) is 0 Å². The number of benzene rings is 2. The molecule has 1 aliphatic heterocycles. The third-order valence-electron chi connectivity index (χ3n) is 4.85. The lowest BCUT2D eigenvalue weighted by molar-refractivity contribution is -0.116. The normalized spacial score (nSPS) is 12.5. The summed E-state index contributed by atoms with van der Waals surface area (Å²) in [5.74, 6) is -1.22. The lowest BCUT2D eigenvalue weighted by Gasteiger charge is -2.12. The number of anilines is 1. The maximum absolute atomic E-state index is 12.4. The molecule has 0 fully saturated rings. The molecule has 0 bridgehead atoms. The standard InChI is InChI=1S/C22H19N5O5S/c1-32-14-6-4-5-13(11-14)19(29)23-10-9-18-25-26-22(33-18)24-17(28)12-27-20(30)15-7-2-3-8-16(15)21(27)31/h2-8,11H,9-10,12H2,1H3,(H,23,29)(H,24,26,28). The summed E-state index contributed by atoms with van der Waals surface area (Å²) in [6.45, 7) is -0.0917. The van der Waals surface area contributed by atoms with Crippen LogP contribution in [0.25, 0.3) is 0 Å². The van der Waals surface area contributed by atoms with Crippen molar-refractivity contribution in [1.82, 2.24) is 20.4 Å². The summed E-state index contributed by atoms with van der Waals surface area (Å²) in [6.07, 6.45) is 0.418. The van der Waals surface area contributed by atoms with E-state index >= 15 is 0 Å². The third-order valence-corrected chi connectivity index (χ3v) is 5.75. The second kappa shape index (κ2) is 9.57. The van der Waals surface area contributed by atoms with E-state index in [0.717, 1.165) is 16.2 Å². The van der Waals surface area contributed by atoms with Crippen molar-refractivity contribution in [3.8, 4) is 5.75 Å². The van der Waals surface area contributed by atoms with Crippen molar-refractivity contribution in [1.29, 1.82) is 0 Å². The molecule has 2 heterocycles. The van der Waals surface area contributed by atoms with Crippen LogP contribution in [0.5, 0.6) is 5.75 Å². The Bertz CT molecular complexity index is 1210. The summed E-state index contributed by atoms with van der Waals surface area (Å²) in [4.78, 5) is 50.2. The Kier molecular flexibility index (Phi) is 6.41. The van der Waals surface area contributed by atoms with Crippen molar-refractivity contribution in [3.63, 3.8) is 0 Å². The van der Waals surface area contributed by atoms with Gasteiger partial charge in [-0.05, 0) is 30.3 Å². The molecule has 0 saturated heterocycles. The summed E-state index contributed by atoms with van der Waals surface area (Å²) in [5, 5.41) is 14.1. The summed E-state index contributed by atoms with van der Waals surface area (Å²) < 4.78 is 5.11. The first kappa shape index (κ1) is 22.1. The van der Waals surface area contributed by atoms with Gasteiger partial charge in [0.2, 0.25) is 11.0 Å². The minimum atomic E-state index is -0.557. The van der Waals surface area contributed by atoms with Crippen LogP contribution >= 0.6 is 11.3 Å². The quantitative estimate of drug-likeness (QED) is 0.485. The van der Waals surface area contributed by atoms with Gasteiger partial charge < -0.3 is 10.1 Å². The zero-order valence-electron chi connectivity index (χ0n) is 17.5. The van der Waals surface area contributed by atoms with Gasteiger partial charge in [-0.15, -0.1) is 10.2 Å². The molecule has 0 spiro atoms. The lowest BCUT2D eigenvalue weighted by atomic mass is 10.1. The SMILES string of the molecule is COc1cccc(C(=O)NCCc2nnc(NC(=O)CN3C(=O)c4ccccc4C3=O)s2)c1. The van der Waals surface area contributed by atoms with Crippen LogP contribution in [0.15, 0.2) is 48.5 Å². The van der Waals surface area contributed by atoms with Crippen LogP contribution in [-0.2, 0) is 11.2 Å². The van der Waals surface area contributed by atoms with Gasteiger partial charge in [0.05, 0.1) is 18.2 Å². The number of methoxy groups -OCH3 is 1. The van der Waals surface area contributed by atoms with E-state index in [4.69, 9.17) is 4.74 Å². The zero-order valence-corrected chi connectivity index (χ0v) is 18.3. The van der Waals surface area contributed by atoms with Crippen LogP contribution in [-0.4, -0.2) is 58.9 Å². The molecule has 168 valence electrons. The molecule has 33 heavy (non-hydrogen) atoms. The molecule has 0 unspecified atom stereocenters. The molecule has 0 saturated carbocycles. The number of hydrogen-bond donors (Lipinski definition) is 2. The number of carbonyl (C=O) groups is 4. The number of nitrogens with one attached hydrogen (secondary N) is 2. The van der Waals surface area contributed by atoms with Crippen LogP contribution < -0.4 is 15.4 Å². The van der Waals surface area contributed by atoms with Crippen LogP contribution in [0.2, 0.25) is 0 Å². The molecule has 4 rings (SSSR count). The molecule has 2 N–H and O–H groups in total. The first-order valence-electron chi connectivity index (χ1n) is 9.96. The Labute approximate surface area is 192 Å². The van der Waals surface area contributed by atoms with Crippen LogP contribution in [0.4, 0.5) is 5.13 Å². The predicted octanol–water partition coefficient (Wildman–Crippen LogP) is 1.75. The van der Waals surface area contributed by atoms with Crippen LogP contribution in [0, 0.1) is 0 Å². The number of aromatic nitrogens is 2. The van der Waals surface area contributed by atoms with E-state index in [9.17, 15) is 19.2 Å². The molecule has 1 aliphatic rings. The number of hydrogen-bond acceptors (Lipinski definition) is 8. The van der Waals surface area contributed by atoms with Crippen molar-refractivity contribution in [3.05, 3.63) is 70.2 Å². The second-order valence-electron chi connectivity index (χ2n) is 7.03. The topological polar surface area (TPSA) is 131 Å². The minimum absolute atomic E-state index is 0.241. The maximum Gasteiger partial charge on any atom is 0.262 e. The van der Waals surface area contributed by atoms with E-state index < -0.39 is 24.3 Å². The first-order chi connectivity index (χ1) is 16.0. The van der Waals surface area contributed by atoms with E-state index in [2.05, 4.69) is 20.8 Å². The van der Waals surface area contributed by atoms with Crippen molar-refractivity contribution < 1.29 is 23.9 Å². The smallest absolute Gasteiger partial charge is 0.262 e. The van der Waals surface area contributed by atoms with E-state index in [1.54, 1.807) is 48.5 Å². The lowest BCUT2D eigenvalue weighted by Crippen LogP contribution is -2.37. The number of imide groups is 1. The Morgan fingerprint density at radius 3 is 2.45 bits per heavy atom. The Morgan fingerprint density at radius 2 is 1.76 bits per heavy atom. The molecule has 11 heteroatoms. The van der Waals surface area contributed by atoms with E-state index in [1.807, 2.05) is 0 Å². The van der Waals surface area contributed by atoms with Gasteiger partial charge in [-0.1, -0.05) is 29.5 Å². The molecular weight excluding hydrogens is 446 g/mol. The monoisotopic (exact) mass is 465 g/mol. The Hall–Kier alpha value is -4.12. The molecule has 3 aromatic rings. The van der Waals surface area contributed by atoms with Gasteiger partial charge >= 0.3 is 0 Å². The molecule has 2 aromatic carbocycles. The fourth-order valence-electron chi connectivity index (χ4n) is 3.24. The highest BCUT2D eigenvalue weighted by molar-refractivity contribution is 7.15. The fourth-order valence-corrected chi connectivity index (χ4v) is 4.00. The van der Waals surface area contributed by atoms with Gasteiger partial charge in [-0.25, -0.2) is 0 Å². The largest absolute Gasteiger partial charge is 0.497 e. The highest BCUT2D eigenvalue weighted by Crippen LogP contribution is 2.22.